The molecule has 1 saturated heterocycles. The van der Waals surface area contributed by atoms with Gasteiger partial charge in [0.2, 0.25) is 0 Å². The molecule has 1 aliphatic heterocycles. The Hall–Kier alpha value is -1.24. The van der Waals surface area contributed by atoms with E-state index in [4.69, 9.17) is 23.8 Å². The standard InChI is InChI=1S/C16H12BrClF2N2S/c1-16(10-4-3-9(17)7-12(10)19)14(21-15(23)22-16)8-2-5-11(18)13(20)6-8/h2-7,14H,1H3,(H2,21,22,23)/t14-,16+/m0/s1. The van der Waals surface area contributed by atoms with Gasteiger partial charge in [0, 0.05) is 10.0 Å². The van der Waals surface area contributed by atoms with Gasteiger partial charge in [0.25, 0.3) is 0 Å². The Morgan fingerprint density at radius 3 is 2.57 bits per heavy atom. The highest BCUT2D eigenvalue weighted by Gasteiger charge is 2.45. The molecule has 0 amide bonds. The SMILES string of the molecule is C[C@]1(c2ccc(Br)cc2F)NC(=S)N[C@H]1c1ccc(Cl)c(F)c1. The van der Waals surface area contributed by atoms with Crippen LogP contribution < -0.4 is 10.6 Å². The Balaban J connectivity index is 2.11. The van der Waals surface area contributed by atoms with Crippen LogP contribution in [0.4, 0.5) is 8.78 Å². The van der Waals surface area contributed by atoms with E-state index in [0.29, 0.717) is 20.7 Å². The van der Waals surface area contributed by atoms with Crippen LogP contribution in [0.5, 0.6) is 0 Å². The topological polar surface area (TPSA) is 24.1 Å². The number of nitrogens with one attached hydrogen (secondary N) is 2. The lowest BCUT2D eigenvalue weighted by Gasteiger charge is -2.32. The minimum atomic E-state index is -0.859. The Morgan fingerprint density at radius 2 is 1.91 bits per heavy atom. The molecule has 2 aromatic rings. The van der Waals surface area contributed by atoms with Crippen molar-refractivity contribution in [3.8, 4) is 0 Å². The fourth-order valence-electron chi connectivity index (χ4n) is 2.86. The van der Waals surface area contributed by atoms with Crippen molar-refractivity contribution in [2.45, 2.75) is 18.5 Å². The van der Waals surface area contributed by atoms with Crippen LogP contribution in [0.25, 0.3) is 0 Å². The minimum absolute atomic E-state index is 0.0406. The second-order valence-electron chi connectivity index (χ2n) is 5.53. The van der Waals surface area contributed by atoms with Crippen LogP contribution in [0.15, 0.2) is 40.9 Å². The predicted octanol–water partition coefficient (Wildman–Crippen LogP) is 4.81. The average Bonchev–Trinajstić information content (AvgIpc) is 2.77. The molecule has 0 spiro atoms. The number of hydrogen-bond acceptors (Lipinski definition) is 1. The molecule has 23 heavy (non-hydrogen) atoms. The first-order valence-electron chi connectivity index (χ1n) is 6.80. The zero-order valence-corrected chi connectivity index (χ0v) is 15.1. The van der Waals surface area contributed by atoms with E-state index in [9.17, 15) is 8.78 Å². The van der Waals surface area contributed by atoms with Crippen LogP contribution in [-0.4, -0.2) is 5.11 Å². The fourth-order valence-corrected chi connectivity index (χ4v) is 3.64. The summed E-state index contributed by atoms with van der Waals surface area (Å²) in [7, 11) is 0. The molecule has 2 N–H and O–H groups in total. The third-order valence-corrected chi connectivity index (χ3v) is 5.01. The third-order valence-electron chi connectivity index (χ3n) is 3.99. The summed E-state index contributed by atoms with van der Waals surface area (Å²) in [6, 6.07) is 8.92. The van der Waals surface area contributed by atoms with Gasteiger partial charge in [-0.1, -0.05) is 39.7 Å². The first kappa shape index (κ1) is 16.6. The number of thiocarbonyl (C=S) groups is 1. The summed E-state index contributed by atoms with van der Waals surface area (Å²) in [6.07, 6.45) is 0. The molecule has 0 unspecified atom stereocenters. The molecule has 0 bridgehead atoms. The van der Waals surface area contributed by atoms with Crippen molar-refractivity contribution in [2.75, 3.05) is 0 Å². The van der Waals surface area contributed by atoms with Crippen LogP contribution in [0.1, 0.15) is 24.1 Å². The lowest BCUT2D eigenvalue weighted by Crippen LogP contribution is -2.39. The van der Waals surface area contributed by atoms with E-state index in [1.165, 1.54) is 18.2 Å². The second-order valence-corrected chi connectivity index (χ2v) is 7.26. The first-order valence-corrected chi connectivity index (χ1v) is 8.38. The lowest BCUT2D eigenvalue weighted by atomic mass is 9.82. The second kappa shape index (κ2) is 6.00. The summed E-state index contributed by atoms with van der Waals surface area (Å²) in [5, 5.41) is 6.60. The van der Waals surface area contributed by atoms with Crippen molar-refractivity contribution < 1.29 is 8.78 Å². The van der Waals surface area contributed by atoms with Crippen LogP contribution in [0.2, 0.25) is 5.02 Å². The van der Waals surface area contributed by atoms with Gasteiger partial charge in [-0.15, -0.1) is 0 Å². The van der Waals surface area contributed by atoms with Crippen LogP contribution in [0, 0.1) is 11.6 Å². The van der Waals surface area contributed by atoms with Gasteiger partial charge in [0.1, 0.15) is 11.6 Å². The summed E-state index contributed by atoms with van der Waals surface area (Å²) >= 11 is 14.2. The summed E-state index contributed by atoms with van der Waals surface area (Å²) in [5.74, 6) is -0.900. The average molecular weight is 418 g/mol. The smallest absolute Gasteiger partial charge is 0.167 e. The van der Waals surface area contributed by atoms with Crippen molar-refractivity contribution in [2.24, 2.45) is 0 Å². The van der Waals surface area contributed by atoms with Crippen molar-refractivity contribution >= 4 is 44.9 Å². The summed E-state index contributed by atoms with van der Waals surface area (Å²) < 4.78 is 28.9. The molecule has 7 heteroatoms. The monoisotopic (exact) mass is 416 g/mol. The highest BCUT2D eigenvalue weighted by Crippen LogP contribution is 2.40. The van der Waals surface area contributed by atoms with Gasteiger partial charge in [-0.2, -0.15) is 0 Å². The Labute approximate surface area is 151 Å². The lowest BCUT2D eigenvalue weighted by molar-refractivity contribution is 0.361. The summed E-state index contributed by atoms with van der Waals surface area (Å²) in [6.45, 7) is 1.82. The van der Waals surface area contributed by atoms with Crippen LogP contribution >= 0.6 is 39.7 Å². The molecule has 3 rings (SSSR count). The molecular weight excluding hydrogens is 406 g/mol. The van der Waals surface area contributed by atoms with E-state index >= 15 is 0 Å². The van der Waals surface area contributed by atoms with Gasteiger partial charge < -0.3 is 10.6 Å². The van der Waals surface area contributed by atoms with E-state index in [0.717, 1.165) is 0 Å². The van der Waals surface area contributed by atoms with E-state index in [1.54, 1.807) is 18.2 Å². The molecule has 0 aliphatic carbocycles. The van der Waals surface area contributed by atoms with Crippen molar-refractivity contribution in [3.63, 3.8) is 0 Å². The maximum Gasteiger partial charge on any atom is 0.167 e. The quantitative estimate of drug-likeness (QED) is 0.686. The van der Waals surface area contributed by atoms with Crippen molar-refractivity contribution in [1.29, 1.82) is 0 Å². The van der Waals surface area contributed by atoms with Crippen LogP contribution in [0.3, 0.4) is 0 Å². The molecule has 1 aliphatic rings. The molecule has 2 aromatic carbocycles. The third kappa shape index (κ3) is 2.95. The molecule has 120 valence electrons. The number of rotatable bonds is 2. The molecule has 1 fully saturated rings. The molecule has 1 heterocycles. The first-order chi connectivity index (χ1) is 10.8. The van der Waals surface area contributed by atoms with E-state index in [2.05, 4.69) is 26.6 Å². The summed E-state index contributed by atoms with van der Waals surface area (Å²) in [4.78, 5) is 0. The maximum absolute atomic E-state index is 14.5. The molecule has 0 aromatic heterocycles. The molecule has 0 radical (unpaired) electrons. The Kier molecular flexibility index (Phi) is 4.33. The van der Waals surface area contributed by atoms with Crippen molar-refractivity contribution in [1.82, 2.24) is 10.6 Å². The minimum Gasteiger partial charge on any atom is -0.353 e. The van der Waals surface area contributed by atoms with Crippen LogP contribution in [-0.2, 0) is 5.54 Å². The predicted molar refractivity (Wildman–Crippen MR) is 94.5 cm³/mol. The summed E-state index contributed by atoms with van der Waals surface area (Å²) in [5.41, 5.74) is 0.208. The van der Waals surface area contributed by atoms with E-state index in [-0.39, 0.29) is 10.8 Å². The maximum atomic E-state index is 14.5. The van der Waals surface area contributed by atoms with E-state index in [1.807, 2.05) is 6.92 Å². The zero-order valence-electron chi connectivity index (χ0n) is 12.0. The normalized spacial score (nSPS) is 23.5. The zero-order chi connectivity index (χ0) is 16.8. The molecule has 2 nitrogen and oxygen atoms in total. The number of hydrogen-bond donors (Lipinski definition) is 2. The van der Waals surface area contributed by atoms with Gasteiger partial charge in [-0.05, 0) is 49.0 Å². The van der Waals surface area contributed by atoms with Crippen molar-refractivity contribution in [3.05, 3.63) is 68.7 Å². The Bertz CT molecular complexity index is 802. The van der Waals surface area contributed by atoms with Gasteiger partial charge in [-0.3, -0.25) is 0 Å². The van der Waals surface area contributed by atoms with E-state index < -0.39 is 17.4 Å². The highest BCUT2D eigenvalue weighted by atomic mass is 79.9. The Morgan fingerprint density at radius 1 is 1.17 bits per heavy atom. The molecular formula is C16H12BrClF2N2S. The molecule has 0 saturated carbocycles. The van der Waals surface area contributed by atoms with Gasteiger partial charge in [0.15, 0.2) is 5.11 Å². The van der Waals surface area contributed by atoms with Gasteiger partial charge >= 0.3 is 0 Å². The van der Waals surface area contributed by atoms with Gasteiger partial charge in [-0.25, -0.2) is 8.78 Å². The largest absolute Gasteiger partial charge is 0.353 e. The highest BCUT2D eigenvalue weighted by molar-refractivity contribution is 9.10. The molecule has 2 atom stereocenters. The number of benzene rings is 2. The fraction of sp³-hybridized carbons (Fsp3) is 0.188. The van der Waals surface area contributed by atoms with Gasteiger partial charge in [0.05, 0.1) is 16.6 Å². The number of halogens is 4.